The highest BCUT2D eigenvalue weighted by atomic mass is 16.5. The molecule has 0 spiro atoms. The first kappa shape index (κ1) is 14.9. The highest BCUT2D eigenvalue weighted by Crippen LogP contribution is 2.29. The smallest absolute Gasteiger partial charge is 0.263 e. The normalized spacial score (nSPS) is 10.0. The number of hydrogen-bond acceptors (Lipinski definition) is 3. The van der Waals surface area contributed by atoms with E-state index in [1.165, 1.54) is 19.8 Å². The van der Waals surface area contributed by atoms with E-state index in [4.69, 9.17) is 9.47 Å². The average Bonchev–Trinajstić information content (AvgIpc) is 2.53. The molecule has 4 heteroatoms. The summed E-state index contributed by atoms with van der Waals surface area (Å²) in [4.78, 5) is 12.5. The van der Waals surface area contributed by atoms with Gasteiger partial charge in [-0.15, -0.1) is 0 Å². The van der Waals surface area contributed by atoms with Gasteiger partial charge in [-0.25, -0.2) is 0 Å². The summed E-state index contributed by atoms with van der Waals surface area (Å²) in [7, 11) is 3.06. The van der Waals surface area contributed by atoms with Crippen molar-refractivity contribution < 1.29 is 14.3 Å². The summed E-state index contributed by atoms with van der Waals surface area (Å²) < 4.78 is 10.5. The van der Waals surface area contributed by atoms with Crippen LogP contribution in [0.3, 0.4) is 0 Å². The van der Waals surface area contributed by atoms with Crippen molar-refractivity contribution >= 4 is 11.6 Å². The molecule has 0 aromatic heterocycles. The zero-order valence-electron chi connectivity index (χ0n) is 12.5. The number of aryl methyl sites for hydroxylation is 1. The predicted molar refractivity (Wildman–Crippen MR) is 83.3 cm³/mol. The second-order valence-electron chi connectivity index (χ2n) is 4.55. The summed E-state index contributed by atoms with van der Waals surface area (Å²) in [5.74, 6) is 0.717. The number of amides is 1. The molecule has 0 unspecified atom stereocenters. The maximum atomic E-state index is 12.5. The van der Waals surface area contributed by atoms with Crippen LogP contribution in [0.1, 0.15) is 22.8 Å². The van der Waals surface area contributed by atoms with E-state index in [-0.39, 0.29) is 5.91 Å². The summed E-state index contributed by atoms with van der Waals surface area (Å²) in [6, 6.07) is 13.0. The molecule has 0 saturated carbocycles. The van der Waals surface area contributed by atoms with E-state index >= 15 is 0 Å². The highest BCUT2D eigenvalue weighted by Gasteiger charge is 2.18. The Morgan fingerprint density at radius 1 is 1.05 bits per heavy atom. The van der Waals surface area contributed by atoms with Crippen LogP contribution in [0.15, 0.2) is 42.5 Å². The van der Waals surface area contributed by atoms with E-state index < -0.39 is 0 Å². The number of carbonyl (C=O) groups is 1. The van der Waals surface area contributed by atoms with Gasteiger partial charge >= 0.3 is 0 Å². The molecule has 0 fully saturated rings. The van der Waals surface area contributed by atoms with Gasteiger partial charge in [0.1, 0.15) is 17.1 Å². The van der Waals surface area contributed by atoms with Crippen LogP contribution in [-0.2, 0) is 6.42 Å². The number of benzene rings is 2. The molecule has 0 saturated heterocycles. The number of anilines is 1. The van der Waals surface area contributed by atoms with E-state index in [1.807, 2.05) is 24.3 Å². The minimum absolute atomic E-state index is 0.252. The molecule has 0 aliphatic heterocycles. The third-order valence-electron chi connectivity index (χ3n) is 3.25. The maximum absolute atomic E-state index is 12.5. The minimum Gasteiger partial charge on any atom is -0.496 e. The summed E-state index contributed by atoms with van der Waals surface area (Å²) >= 11 is 0. The van der Waals surface area contributed by atoms with Gasteiger partial charge in [0.2, 0.25) is 0 Å². The predicted octanol–water partition coefficient (Wildman–Crippen LogP) is 3.52. The van der Waals surface area contributed by atoms with E-state index in [1.54, 1.807) is 18.2 Å². The topological polar surface area (TPSA) is 47.6 Å². The molecule has 0 aliphatic rings. The minimum atomic E-state index is -0.252. The van der Waals surface area contributed by atoms with Crippen LogP contribution in [0.4, 0.5) is 5.69 Å². The molecule has 0 atom stereocenters. The zero-order chi connectivity index (χ0) is 15.2. The SMILES string of the molecule is CCc1cccc(NC(=O)c2c(OC)cccc2OC)c1. The van der Waals surface area contributed by atoms with Crippen molar-refractivity contribution in [2.24, 2.45) is 0 Å². The average molecular weight is 285 g/mol. The van der Waals surface area contributed by atoms with Crippen molar-refractivity contribution in [3.8, 4) is 11.5 Å². The molecule has 4 nitrogen and oxygen atoms in total. The van der Waals surface area contributed by atoms with Crippen LogP contribution in [0.25, 0.3) is 0 Å². The molecule has 0 bridgehead atoms. The van der Waals surface area contributed by atoms with Crippen LogP contribution >= 0.6 is 0 Å². The molecule has 1 N–H and O–H groups in total. The molecule has 2 aromatic rings. The van der Waals surface area contributed by atoms with Gasteiger partial charge < -0.3 is 14.8 Å². The van der Waals surface area contributed by atoms with Crippen molar-refractivity contribution in [1.82, 2.24) is 0 Å². The van der Waals surface area contributed by atoms with Gasteiger partial charge in [0, 0.05) is 5.69 Å². The first-order valence-electron chi connectivity index (χ1n) is 6.80. The van der Waals surface area contributed by atoms with Crippen LogP contribution in [-0.4, -0.2) is 20.1 Å². The first-order chi connectivity index (χ1) is 10.2. The third kappa shape index (κ3) is 3.34. The summed E-state index contributed by atoms with van der Waals surface area (Å²) in [5, 5.41) is 2.88. The Bertz CT molecular complexity index is 615. The molecule has 0 radical (unpaired) electrons. The second kappa shape index (κ2) is 6.79. The third-order valence-corrected chi connectivity index (χ3v) is 3.25. The summed E-state index contributed by atoms with van der Waals surface area (Å²) in [6.45, 7) is 2.07. The summed E-state index contributed by atoms with van der Waals surface area (Å²) in [6.07, 6.45) is 0.918. The Morgan fingerprint density at radius 3 is 2.24 bits per heavy atom. The lowest BCUT2D eigenvalue weighted by Crippen LogP contribution is -2.14. The van der Waals surface area contributed by atoms with Gasteiger partial charge in [-0.05, 0) is 36.2 Å². The van der Waals surface area contributed by atoms with Gasteiger partial charge in [-0.1, -0.05) is 25.1 Å². The van der Waals surface area contributed by atoms with Crippen molar-refractivity contribution in [2.45, 2.75) is 13.3 Å². The Hall–Kier alpha value is -2.49. The largest absolute Gasteiger partial charge is 0.496 e. The van der Waals surface area contributed by atoms with Gasteiger partial charge in [0.05, 0.1) is 14.2 Å². The molecule has 110 valence electrons. The van der Waals surface area contributed by atoms with Crippen molar-refractivity contribution in [1.29, 1.82) is 0 Å². The fourth-order valence-electron chi connectivity index (χ4n) is 2.14. The van der Waals surface area contributed by atoms with E-state index in [0.717, 1.165) is 12.1 Å². The first-order valence-corrected chi connectivity index (χ1v) is 6.80. The number of nitrogens with one attached hydrogen (secondary N) is 1. The Kier molecular flexibility index (Phi) is 4.82. The van der Waals surface area contributed by atoms with Crippen molar-refractivity contribution in [3.05, 3.63) is 53.6 Å². The molecule has 2 aromatic carbocycles. The molecule has 1 amide bonds. The number of rotatable bonds is 5. The molecule has 2 rings (SSSR count). The quantitative estimate of drug-likeness (QED) is 0.914. The van der Waals surface area contributed by atoms with Crippen LogP contribution < -0.4 is 14.8 Å². The van der Waals surface area contributed by atoms with Crippen LogP contribution in [0.2, 0.25) is 0 Å². The van der Waals surface area contributed by atoms with Crippen molar-refractivity contribution in [3.63, 3.8) is 0 Å². The molecule has 0 heterocycles. The lowest BCUT2D eigenvalue weighted by atomic mass is 10.1. The standard InChI is InChI=1S/C17H19NO3/c1-4-12-7-5-8-13(11-12)18-17(19)16-14(20-2)9-6-10-15(16)21-3/h5-11H,4H2,1-3H3,(H,18,19). The molecular formula is C17H19NO3. The lowest BCUT2D eigenvalue weighted by Gasteiger charge is -2.13. The van der Waals surface area contributed by atoms with Crippen molar-refractivity contribution in [2.75, 3.05) is 19.5 Å². The number of ether oxygens (including phenoxy) is 2. The van der Waals surface area contributed by atoms with E-state index in [0.29, 0.717) is 17.1 Å². The fraction of sp³-hybridized carbons (Fsp3) is 0.235. The molecular weight excluding hydrogens is 266 g/mol. The Balaban J connectivity index is 2.31. The summed E-state index contributed by atoms with van der Waals surface area (Å²) in [5.41, 5.74) is 2.32. The molecule has 0 aliphatic carbocycles. The van der Waals surface area contributed by atoms with E-state index in [2.05, 4.69) is 12.2 Å². The van der Waals surface area contributed by atoms with E-state index in [9.17, 15) is 4.79 Å². The highest BCUT2D eigenvalue weighted by molar-refractivity contribution is 6.08. The van der Waals surface area contributed by atoms with Gasteiger partial charge in [0.15, 0.2) is 0 Å². The lowest BCUT2D eigenvalue weighted by molar-refractivity contribution is 0.102. The Labute approximate surface area is 124 Å². The Morgan fingerprint density at radius 2 is 1.67 bits per heavy atom. The van der Waals surface area contributed by atoms with Gasteiger partial charge in [0.25, 0.3) is 5.91 Å². The number of hydrogen-bond donors (Lipinski definition) is 1. The number of methoxy groups -OCH3 is 2. The van der Waals surface area contributed by atoms with Crippen LogP contribution in [0.5, 0.6) is 11.5 Å². The van der Waals surface area contributed by atoms with Crippen LogP contribution in [0, 0.1) is 0 Å². The second-order valence-corrected chi connectivity index (χ2v) is 4.55. The van der Waals surface area contributed by atoms with Gasteiger partial charge in [-0.3, -0.25) is 4.79 Å². The number of carbonyl (C=O) groups excluding carboxylic acids is 1. The maximum Gasteiger partial charge on any atom is 0.263 e. The monoisotopic (exact) mass is 285 g/mol. The molecule has 21 heavy (non-hydrogen) atoms. The zero-order valence-corrected chi connectivity index (χ0v) is 12.5. The van der Waals surface area contributed by atoms with Gasteiger partial charge in [-0.2, -0.15) is 0 Å². The fourth-order valence-corrected chi connectivity index (χ4v) is 2.14.